The number of thioether (sulfide) groups is 1. The molecule has 9 heteroatoms. The fraction of sp³-hybridized carbons (Fsp3) is 0.423. The summed E-state index contributed by atoms with van der Waals surface area (Å²) in [4.78, 5) is 39.2. The van der Waals surface area contributed by atoms with E-state index in [0.717, 1.165) is 40.2 Å². The van der Waals surface area contributed by atoms with Crippen LogP contribution in [0.5, 0.6) is 0 Å². The Labute approximate surface area is 209 Å². The molecule has 1 aliphatic carbocycles. The number of hydrogen-bond acceptors (Lipinski definition) is 6. The molecule has 0 spiro atoms. The van der Waals surface area contributed by atoms with Crippen molar-refractivity contribution in [2.75, 3.05) is 38.4 Å². The molecule has 1 fully saturated rings. The summed E-state index contributed by atoms with van der Waals surface area (Å²) in [7, 11) is 1.55. The van der Waals surface area contributed by atoms with Crippen LogP contribution in [0.25, 0.3) is 11.1 Å². The molecular formula is C26H30N2O6S. The van der Waals surface area contributed by atoms with Crippen molar-refractivity contribution < 1.29 is 29.0 Å². The van der Waals surface area contributed by atoms with E-state index in [-0.39, 0.29) is 18.6 Å². The molecule has 2 unspecified atom stereocenters. The molecule has 2 amide bonds. The van der Waals surface area contributed by atoms with Gasteiger partial charge in [-0.15, -0.1) is 0 Å². The van der Waals surface area contributed by atoms with Crippen molar-refractivity contribution in [3.8, 4) is 11.1 Å². The van der Waals surface area contributed by atoms with E-state index in [1.807, 2.05) is 48.5 Å². The van der Waals surface area contributed by atoms with Crippen molar-refractivity contribution in [3.63, 3.8) is 0 Å². The molecule has 35 heavy (non-hydrogen) atoms. The van der Waals surface area contributed by atoms with Gasteiger partial charge in [0.1, 0.15) is 12.6 Å². The Morgan fingerprint density at radius 3 is 2.34 bits per heavy atom. The first-order valence-corrected chi connectivity index (χ1v) is 12.9. The minimum Gasteiger partial charge on any atom is -0.481 e. The van der Waals surface area contributed by atoms with Crippen LogP contribution in [0.2, 0.25) is 0 Å². The SMILES string of the molecule is COCCN(C(=O)C(CC(=O)O)NC(=O)OCC1c2ccccc2-c2ccccc21)C1CCSC1. The van der Waals surface area contributed by atoms with E-state index in [0.29, 0.717) is 13.2 Å². The lowest BCUT2D eigenvalue weighted by molar-refractivity contribution is -0.143. The molecule has 0 radical (unpaired) electrons. The molecule has 4 rings (SSSR count). The monoisotopic (exact) mass is 498 g/mol. The first-order chi connectivity index (χ1) is 17.0. The highest BCUT2D eigenvalue weighted by atomic mass is 32.2. The number of fused-ring (bicyclic) bond motifs is 3. The summed E-state index contributed by atoms with van der Waals surface area (Å²) in [5.74, 6) is -0.0129. The smallest absolute Gasteiger partial charge is 0.407 e. The third-order valence-electron chi connectivity index (χ3n) is 6.48. The second kappa shape index (κ2) is 11.6. The van der Waals surface area contributed by atoms with Crippen LogP contribution < -0.4 is 5.32 Å². The zero-order chi connectivity index (χ0) is 24.8. The minimum atomic E-state index is -1.22. The van der Waals surface area contributed by atoms with Gasteiger partial charge in [0.2, 0.25) is 5.91 Å². The quantitative estimate of drug-likeness (QED) is 0.518. The number of amides is 2. The summed E-state index contributed by atoms with van der Waals surface area (Å²) in [5.41, 5.74) is 4.37. The first kappa shape index (κ1) is 25.1. The molecule has 1 saturated heterocycles. The van der Waals surface area contributed by atoms with Crippen LogP contribution >= 0.6 is 11.8 Å². The van der Waals surface area contributed by atoms with Gasteiger partial charge < -0.3 is 24.8 Å². The van der Waals surface area contributed by atoms with Gasteiger partial charge in [-0.25, -0.2) is 4.79 Å². The first-order valence-electron chi connectivity index (χ1n) is 11.7. The number of nitrogens with zero attached hydrogens (tertiary/aromatic N) is 1. The van der Waals surface area contributed by atoms with E-state index >= 15 is 0 Å². The van der Waals surface area contributed by atoms with Crippen molar-refractivity contribution in [1.82, 2.24) is 10.2 Å². The lowest BCUT2D eigenvalue weighted by Crippen LogP contribution is -2.53. The Kier molecular flexibility index (Phi) is 8.30. The van der Waals surface area contributed by atoms with Gasteiger partial charge in [-0.05, 0) is 34.4 Å². The average Bonchev–Trinajstić information content (AvgIpc) is 3.49. The predicted molar refractivity (Wildman–Crippen MR) is 134 cm³/mol. The number of alkyl carbamates (subject to hydrolysis) is 1. The Balaban J connectivity index is 1.44. The van der Waals surface area contributed by atoms with Crippen molar-refractivity contribution in [3.05, 3.63) is 59.7 Å². The number of carboxylic acid groups (broad SMARTS) is 1. The molecule has 8 nitrogen and oxygen atoms in total. The minimum absolute atomic E-state index is 0.0109. The highest BCUT2D eigenvalue weighted by Gasteiger charge is 2.34. The molecule has 2 atom stereocenters. The lowest BCUT2D eigenvalue weighted by atomic mass is 9.98. The molecule has 0 saturated carbocycles. The number of nitrogens with one attached hydrogen (secondary N) is 1. The van der Waals surface area contributed by atoms with Gasteiger partial charge in [-0.2, -0.15) is 11.8 Å². The van der Waals surface area contributed by atoms with Crippen LogP contribution in [0.4, 0.5) is 4.79 Å². The van der Waals surface area contributed by atoms with Gasteiger partial charge >= 0.3 is 12.1 Å². The molecule has 0 bridgehead atoms. The van der Waals surface area contributed by atoms with Gasteiger partial charge in [-0.1, -0.05) is 48.5 Å². The maximum atomic E-state index is 13.3. The molecule has 186 valence electrons. The summed E-state index contributed by atoms with van der Waals surface area (Å²) >= 11 is 1.75. The van der Waals surface area contributed by atoms with Gasteiger partial charge in [0, 0.05) is 31.4 Å². The van der Waals surface area contributed by atoms with Crippen molar-refractivity contribution >= 4 is 29.7 Å². The van der Waals surface area contributed by atoms with E-state index < -0.39 is 30.4 Å². The third kappa shape index (κ3) is 5.79. The van der Waals surface area contributed by atoms with Crippen molar-refractivity contribution in [1.29, 1.82) is 0 Å². The van der Waals surface area contributed by atoms with Crippen LogP contribution in [-0.2, 0) is 19.1 Å². The topological polar surface area (TPSA) is 105 Å². The number of rotatable bonds is 10. The van der Waals surface area contributed by atoms with Gasteiger partial charge in [0.05, 0.1) is 13.0 Å². The van der Waals surface area contributed by atoms with E-state index in [1.54, 1.807) is 23.8 Å². The normalized spacial score (nSPS) is 17.3. The summed E-state index contributed by atoms with van der Waals surface area (Å²) in [6.07, 6.45) is -0.504. The highest BCUT2D eigenvalue weighted by Crippen LogP contribution is 2.44. The molecule has 2 aliphatic rings. The average molecular weight is 499 g/mol. The number of carbonyl (C=O) groups excluding carboxylic acids is 2. The number of benzene rings is 2. The number of aliphatic carboxylic acids is 1. The fourth-order valence-corrected chi connectivity index (χ4v) is 6.01. The van der Waals surface area contributed by atoms with Crippen LogP contribution in [0.1, 0.15) is 29.9 Å². The molecule has 0 aromatic heterocycles. The second-order valence-electron chi connectivity index (χ2n) is 8.66. The van der Waals surface area contributed by atoms with Crippen molar-refractivity contribution in [2.45, 2.75) is 30.8 Å². The van der Waals surface area contributed by atoms with Crippen LogP contribution in [0, 0.1) is 0 Å². The summed E-state index contributed by atoms with van der Waals surface area (Å²) in [6, 6.07) is 14.8. The van der Waals surface area contributed by atoms with E-state index in [4.69, 9.17) is 9.47 Å². The maximum absolute atomic E-state index is 13.3. The number of hydrogen-bond donors (Lipinski definition) is 2. The number of carbonyl (C=O) groups is 3. The van der Waals surface area contributed by atoms with Crippen LogP contribution in [-0.4, -0.2) is 78.4 Å². The zero-order valence-corrected chi connectivity index (χ0v) is 20.5. The molecular weight excluding hydrogens is 468 g/mol. The maximum Gasteiger partial charge on any atom is 0.407 e. The molecule has 2 aromatic rings. The zero-order valence-electron chi connectivity index (χ0n) is 19.6. The Hall–Kier alpha value is -3.04. The third-order valence-corrected chi connectivity index (χ3v) is 7.62. The second-order valence-corrected chi connectivity index (χ2v) is 9.81. The van der Waals surface area contributed by atoms with Gasteiger partial charge in [-0.3, -0.25) is 9.59 Å². The van der Waals surface area contributed by atoms with E-state index in [9.17, 15) is 19.5 Å². The van der Waals surface area contributed by atoms with Crippen molar-refractivity contribution in [2.24, 2.45) is 0 Å². The summed E-state index contributed by atoms with van der Waals surface area (Å²) in [5, 5.41) is 11.9. The predicted octanol–water partition coefficient (Wildman–Crippen LogP) is 3.35. The molecule has 2 aromatic carbocycles. The number of methoxy groups -OCH3 is 1. The standard InChI is InChI=1S/C26H30N2O6S/c1-33-12-11-28(17-10-13-35-16-17)25(31)23(14-24(29)30)27-26(32)34-15-22-20-8-4-2-6-18(20)19-7-3-5-9-21(19)22/h2-9,17,22-23H,10-16H2,1H3,(H,27,32)(H,29,30). The molecule has 2 N–H and O–H groups in total. The van der Waals surface area contributed by atoms with E-state index in [2.05, 4.69) is 5.32 Å². The summed E-state index contributed by atoms with van der Waals surface area (Å²) in [6.45, 7) is 0.751. The Bertz CT molecular complexity index is 1030. The number of carboxylic acids is 1. The Morgan fingerprint density at radius 2 is 1.77 bits per heavy atom. The highest BCUT2D eigenvalue weighted by molar-refractivity contribution is 7.99. The fourth-order valence-electron chi connectivity index (χ4n) is 4.79. The Morgan fingerprint density at radius 1 is 1.11 bits per heavy atom. The largest absolute Gasteiger partial charge is 0.481 e. The molecule has 1 aliphatic heterocycles. The van der Waals surface area contributed by atoms with E-state index in [1.165, 1.54) is 0 Å². The lowest BCUT2D eigenvalue weighted by Gasteiger charge is -2.31. The van der Waals surface area contributed by atoms with Gasteiger partial charge in [0.15, 0.2) is 0 Å². The molecule has 1 heterocycles. The van der Waals surface area contributed by atoms with Crippen LogP contribution in [0.3, 0.4) is 0 Å². The van der Waals surface area contributed by atoms with Gasteiger partial charge in [0.25, 0.3) is 0 Å². The number of ether oxygens (including phenoxy) is 2. The van der Waals surface area contributed by atoms with Crippen LogP contribution in [0.15, 0.2) is 48.5 Å². The summed E-state index contributed by atoms with van der Waals surface area (Å²) < 4.78 is 10.7.